The number of carbonyl (C=O) groups excluding carboxylic acids is 1. The minimum atomic E-state index is -0.0811. The van der Waals surface area contributed by atoms with E-state index in [1.807, 2.05) is 36.5 Å². The van der Waals surface area contributed by atoms with Crippen LogP contribution in [0.5, 0.6) is 0 Å². The van der Waals surface area contributed by atoms with Gasteiger partial charge in [0.05, 0.1) is 5.52 Å². The molecule has 3 aromatic heterocycles. The Hall–Kier alpha value is -3.12. The standard InChI is InChI=1S/C20H18N4OS/c1-13(25)22-15-3-5-16(6-4-15)23-20-17-11-19(14-8-10-26-12-14)24(2)18(17)7-9-21-20/h3-12H,1-2H3,(H,21,23)(H,22,25). The van der Waals surface area contributed by atoms with Crippen LogP contribution in [0.1, 0.15) is 6.92 Å². The molecular formula is C20H18N4OS. The van der Waals surface area contributed by atoms with E-state index in [0.29, 0.717) is 0 Å². The average Bonchev–Trinajstić information content (AvgIpc) is 3.25. The van der Waals surface area contributed by atoms with Crippen LogP contribution < -0.4 is 10.6 Å². The molecule has 0 unspecified atom stereocenters. The van der Waals surface area contributed by atoms with E-state index in [4.69, 9.17) is 0 Å². The molecule has 130 valence electrons. The molecule has 0 saturated carbocycles. The molecule has 0 fully saturated rings. The number of aromatic nitrogens is 2. The van der Waals surface area contributed by atoms with Crippen molar-refractivity contribution in [3.05, 3.63) is 59.4 Å². The Labute approximate surface area is 155 Å². The molecule has 3 heterocycles. The lowest BCUT2D eigenvalue weighted by atomic mass is 10.2. The number of thiophene rings is 1. The highest BCUT2D eigenvalue weighted by molar-refractivity contribution is 7.08. The van der Waals surface area contributed by atoms with Gasteiger partial charge in [0.25, 0.3) is 0 Å². The second-order valence-electron chi connectivity index (χ2n) is 6.08. The van der Waals surface area contributed by atoms with E-state index in [-0.39, 0.29) is 5.91 Å². The Balaban J connectivity index is 1.68. The molecule has 0 radical (unpaired) electrons. The van der Waals surface area contributed by atoms with Gasteiger partial charge in [-0.2, -0.15) is 11.3 Å². The summed E-state index contributed by atoms with van der Waals surface area (Å²) in [6.07, 6.45) is 1.81. The van der Waals surface area contributed by atoms with Crippen LogP contribution >= 0.6 is 11.3 Å². The van der Waals surface area contributed by atoms with E-state index in [9.17, 15) is 4.79 Å². The van der Waals surface area contributed by atoms with Crippen LogP contribution in [0, 0.1) is 0 Å². The molecule has 4 aromatic rings. The van der Waals surface area contributed by atoms with Gasteiger partial charge in [-0.25, -0.2) is 4.98 Å². The third kappa shape index (κ3) is 3.07. The van der Waals surface area contributed by atoms with Gasteiger partial charge in [-0.15, -0.1) is 0 Å². The first-order valence-corrected chi connectivity index (χ1v) is 9.18. The number of nitrogens with zero attached hydrogens (tertiary/aromatic N) is 2. The molecule has 4 rings (SSSR count). The predicted molar refractivity (Wildman–Crippen MR) is 108 cm³/mol. The van der Waals surface area contributed by atoms with Crippen LogP contribution in [-0.4, -0.2) is 15.5 Å². The molecule has 0 saturated heterocycles. The van der Waals surface area contributed by atoms with Crippen LogP contribution in [-0.2, 0) is 11.8 Å². The second kappa shape index (κ2) is 6.65. The summed E-state index contributed by atoms with van der Waals surface area (Å²) < 4.78 is 2.18. The number of pyridine rings is 1. The Kier molecular flexibility index (Phi) is 4.18. The van der Waals surface area contributed by atoms with Crippen molar-refractivity contribution in [1.29, 1.82) is 0 Å². The summed E-state index contributed by atoms with van der Waals surface area (Å²) in [5.41, 5.74) is 5.19. The zero-order valence-corrected chi connectivity index (χ0v) is 15.3. The zero-order chi connectivity index (χ0) is 18.1. The number of amides is 1. The van der Waals surface area contributed by atoms with Gasteiger partial charge in [0.1, 0.15) is 5.82 Å². The van der Waals surface area contributed by atoms with E-state index in [2.05, 4.69) is 50.1 Å². The molecule has 1 amide bonds. The topological polar surface area (TPSA) is 59.0 Å². The fourth-order valence-corrected chi connectivity index (χ4v) is 3.67. The highest BCUT2D eigenvalue weighted by atomic mass is 32.1. The normalized spacial score (nSPS) is 10.8. The minimum Gasteiger partial charge on any atom is -0.343 e. The lowest BCUT2D eigenvalue weighted by Gasteiger charge is -2.08. The van der Waals surface area contributed by atoms with Crippen molar-refractivity contribution in [2.45, 2.75) is 6.92 Å². The number of hydrogen-bond acceptors (Lipinski definition) is 4. The maximum atomic E-state index is 11.1. The monoisotopic (exact) mass is 362 g/mol. The van der Waals surface area contributed by atoms with E-state index in [0.717, 1.165) is 28.1 Å². The third-order valence-electron chi connectivity index (χ3n) is 4.26. The van der Waals surface area contributed by atoms with Gasteiger partial charge < -0.3 is 15.2 Å². The number of anilines is 3. The minimum absolute atomic E-state index is 0.0811. The van der Waals surface area contributed by atoms with Crippen LogP contribution in [0.2, 0.25) is 0 Å². The Bertz CT molecular complexity index is 1070. The fraction of sp³-hybridized carbons (Fsp3) is 0.100. The van der Waals surface area contributed by atoms with Crippen LogP contribution in [0.15, 0.2) is 59.4 Å². The first kappa shape index (κ1) is 16.4. The van der Waals surface area contributed by atoms with Gasteiger partial charge in [0.2, 0.25) is 5.91 Å². The molecule has 6 heteroatoms. The first-order valence-electron chi connectivity index (χ1n) is 8.23. The van der Waals surface area contributed by atoms with Gasteiger partial charge in [0.15, 0.2) is 0 Å². The summed E-state index contributed by atoms with van der Waals surface area (Å²) in [4.78, 5) is 15.6. The number of nitrogens with one attached hydrogen (secondary N) is 2. The lowest BCUT2D eigenvalue weighted by Crippen LogP contribution is -2.05. The summed E-state index contributed by atoms with van der Waals surface area (Å²) in [7, 11) is 2.07. The fourth-order valence-electron chi connectivity index (χ4n) is 3.02. The van der Waals surface area contributed by atoms with Crippen LogP contribution in [0.4, 0.5) is 17.2 Å². The molecule has 0 bridgehead atoms. The second-order valence-corrected chi connectivity index (χ2v) is 6.86. The molecule has 0 aliphatic carbocycles. The highest BCUT2D eigenvalue weighted by Gasteiger charge is 2.12. The first-order chi connectivity index (χ1) is 12.6. The molecule has 2 N–H and O–H groups in total. The van der Waals surface area contributed by atoms with E-state index >= 15 is 0 Å². The maximum Gasteiger partial charge on any atom is 0.221 e. The summed E-state index contributed by atoms with van der Waals surface area (Å²) >= 11 is 1.69. The molecule has 0 aliphatic rings. The van der Waals surface area contributed by atoms with E-state index in [1.165, 1.54) is 18.2 Å². The summed E-state index contributed by atoms with van der Waals surface area (Å²) in [5.74, 6) is 0.731. The molecule has 5 nitrogen and oxygen atoms in total. The third-order valence-corrected chi connectivity index (χ3v) is 4.94. The van der Waals surface area contributed by atoms with Crippen LogP contribution in [0.3, 0.4) is 0 Å². The van der Waals surface area contributed by atoms with Crippen molar-refractivity contribution in [3.63, 3.8) is 0 Å². The van der Waals surface area contributed by atoms with Gasteiger partial charge in [-0.3, -0.25) is 4.79 Å². The van der Waals surface area contributed by atoms with Crippen molar-refractivity contribution in [3.8, 4) is 11.3 Å². The van der Waals surface area contributed by atoms with Crippen molar-refractivity contribution < 1.29 is 4.79 Å². The predicted octanol–water partition coefficient (Wildman–Crippen LogP) is 5.00. The number of benzene rings is 1. The summed E-state index contributed by atoms with van der Waals surface area (Å²) in [6.45, 7) is 1.50. The maximum absolute atomic E-state index is 11.1. The highest BCUT2D eigenvalue weighted by Crippen LogP contribution is 2.32. The van der Waals surface area contributed by atoms with Crippen molar-refractivity contribution in [2.24, 2.45) is 7.05 Å². The molecule has 0 aliphatic heterocycles. The summed E-state index contributed by atoms with van der Waals surface area (Å²) in [5, 5.41) is 11.5. The number of aryl methyl sites for hydroxylation is 1. The Morgan fingerprint density at radius 2 is 1.88 bits per heavy atom. The van der Waals surface area contributed by atoms with Gasteiger partial charge >= 0.3 is 0 Å². The number of rotatable bonds is 4. The lowest BCUT2D eigenvalue weighted by molar-refractivity contribution is -0.114. The zero-order valence-electron chi connectivity index (χ0n) is 14.5. The molecular weight excluding hydrogens is 344 g/mol. The Morgan fingerprint density at radius 3 is 2.58 bits per heavy atom. The SMILES string of the molecule is CC(=O)Nc1ccc(Nc2nccc3c2cc(-c2ccsc2)n3C)cc1. The number of carbonyl (C=O) groups is 1. The van der Waals surface area contributed by atoms with Gasteiger partial charge in [-0.05, 0) is 47.8 Å². The largest absolute Gasteiger partial charge is 0.343 e. The quantitative estimate of drug-likeness (QED) is 0.537. The average molecular weight is 362 g/mol. The van der Waals surface area contributed by atoms with Crippen molar-refractivity contribution in [1.82, 2.24) is 9.55 Å². The number of fused-ring (bicyclic) bond motifs is 1. The Morgan fingerprint density at radius 1 is 1.12 bits per heavy atom. The molecule has 1 aromatic carbocycles. The van der Waals surface area contributed by atoms with Crippen molar-refractivity contribution in [2.75, 3.05) is 10.6 Å². The molecule has 0 spiro atoms. The van der Waals surface area contributed by atoms with E-state index < -0.39 is 0 Å². The van der Waals surface area contributed by atoms with Crippen LogP contribution in [0.25, 0.3) is 22.2 Å². The molecule has 0 atom stereocenters. The summed E-state index contributed by atoms with van der Waals surface area (Å²) in [6, 6.07) is 13.9. The van der Waals surface area contributed by atoms with E-state index in [1.54, 1.807) is 11.3 Å². The van der Waals surface area contributed by atoms with Crippen molar-refractivity contribution >= 4 is 45.3 Å². The van der Waals surface area contributed by atoms with Gasteiger partial charge in [0, 0.05) is 53.6 Å². The number of hydrogen-bond donors (Lipinski definition) is 2. The van der Waals surface area contributed by atoms with Gasteiger partial charge in [-0.1, -0.05) is 0 Å². The molecule has 26 heavy (non-hydrogen) atoms. The smallest absolute Gasteiger partial charge is 0.221 e.